The highest BCUT2D eigenvalue weighted by Crippen LogP contribution is 2.36. The first-order chi connectivity index (χ1) is 8.92. The number of piperidine rings is 1. The summed E-state index contributed by atoms with van der Waals surface area (Å²) in [7, 11) is 0. The second-order valence-corrected chi connectivity index (χ2v) is 6.25. The van der Waals surface area contributed by atoms with Gasteiger partial charge in [0, 0.05) is 28.6 Å². The highest BCUT2D eigenvalue weighted by Gasteiger charge is 2.25. The molecule has 94 valence electrons. The summed E-state index contributed by atoms with van der Waals surface area (Å²) in [5.74, 6) is 1.78. The van der Waals surface area contributed by atoms with Crippen LogP contribution in [0.5, 0.6) is 0 Å². The van der Waals surface area contributed by atoms with E-state index in [4.69, 9.17) is 4.98 Å². The minimum atomic E-state index is 0.575. The molecule has 1 fully saturated rings. The predicted octanol–water partition coefficient (Wildman–Crippen LogP) is 2.70. The van der Waals surface area contributed by atoms with Gasteiger partial charge in [-0.15, -0.1) is 11.3 Å². The fourth-order valence-corrected chi connectivity index (χ4v) is 3.98. The zero-order valence-corrected chi connectivity index (χ0v) is 11.1. The van der Waals surface area contributed by atoms with E-state index in [-0.39, 0.29) is 0 Å². The molecule has 3 nitrogen and oxygen atoms in total. The number of hydrogen-bond donors (Lipinski definition) is 2. The van der Waals surface area contributed by atoms with Crippen molar-refractivity contribution in [3.63, 3.8) is 0 Å². The molecular weight excluding hydrogens is 242 g/mol. The number of H-pyrrole nitrogens is 1. The molecule has 1 atom stereocenters. The molecule has 0 aromatic carbocycles. The fourth-order valence-electron chi connectivity index (χ4n) is 3.10. The summed E-state index contributed by atoms with van der Waals surface area (Å²) < 4.78 is 0. The van der Waals surface area contributed by atoms with Crippen LogP contribution in [0.2, 0.25) is 0 Å². The third kappa shape index (κ3) is 1.63. The summed E-state index contributed by atoms with van der Waals surface area (Å²) >= 11 is 1.87. The highest BCUT2D eigenvalue weighted by molar-refractivity contribution is 7.10. The van der Waals surface area contributed by atoms with Gasteiger partial charge in [-0.2, -0.15) is 0 Å². The van der Waals surface area contributed by atoms with Gasteiger partial charge in [0.15, 0.2) is 0 Å². The first kappa shape index (κ1) is 10.8. The fraction of sp³-hybridized carbons (Fsp3) is 0.500. The Kier molecular flexibility index (Phi) is 2.52. The van der Waals surface area contributed by atoms with Crippen LogP contribution in [0.3, 0.4) is 0 Å². The van der Waals surface area contributed by atoms with Gasteiger partial charge in [-0.25, -0.2) is 4.98 Å². The molecule has 4 heteroatoms. The van der Waals surface area contributed by atoms with Gasteiger partial charge in [-0.1, -0.05) is 0 Å². The van der Waals surface area contributed by atoms with Crippen molar-refractivity contribution in [3.8, 4) is 11.3 Å². The molecule has 0 bridgehead atoms. The molecule has 2 aromatic rings. The Morgan fingerprint density at radius 3 is 3.22 bits per heavy atom. The van der Waals surface area contributed by atoms with Crippen LogP contribution in [0, 0.1) is 0 Å². The van der Waals surface area contributed by atoms with Crippen LogP contribution < -0.4 is 5.32 Å². The molecule has 1 unspecified atom stereocenters. The summed E-state index contributed by atoms with van der Waals surface area (Å²) in [6.45, 7) is 2.23. The quantitative estimate of drug-likeness (QED) is 0.826. The lowest BCUT2D eigenvalue weighted by Crippen LogP contribution is -2.28. The van der Waals surface area contributed by atoms with Crippen molar-refractivity contribution in [2.75, 3.05) is 13.1 Å². The lowest BCUT2D eigenvalue weighted by Gasteiger charge is -2.20. The number of aryl methyl sites for hydroxylation is 2. The normalized spacial score (nSPS) is 22.6. The van der Waals surface area contributed by atoms with E-state index in [0.717, 1.165) is 19.5 Å². The van der Waals surface area contributed by atoms with Crippen molar-refractivity contribution in [1.82, 2.24) is 15.3 Å². The number of fused-ring (bicyclic) bond motifs is 3. The standard InChI is InChI=1S/C14H17N3S/c1-2-9(8-15-6-1)14-16-11-3-4-12-10(5-7-18-12)13(11)17-14/h5,7,9,15H,1-4,6,8H2,(H,16,17). The topological polar surface area (TPSA) is 40.7 Å². The number of thiophene rings is 1. The molecule has 1 aliphatic carbocycles. The average molecular weight is 259 g/mol. The minimum absolute atomic E-state index is 0.575. The maximum atomic E-state index is 4.90. The molecule has 0 spiro atoms. The minimum Gasteiger partial charge on any atom is -0.345 e. The van der Waals surface area contributed by atoms with Gasteiger partial charge >= 0.3 is 0 Å². The van der Waals surface area contributed by atoms with E-state index in [1.807, 2.05) is 11.3 Å². The lowest BCUT2D eigenvalue weighted by atomic mass is 9.99. The number of nitrogens with one attached hydrogen (secondary N) is 2. The number of nitrogens with zero attached hydrogens (tertiary/aromatic N) is 1. The van der Waals surface area contributed by atoms with E-state index in [1.165, 1.54) is 46.9 Å². The number of imidazole rings is 1. The van der Waals surface area contributed by atoms with Crippen molar-refractivity contribution in [1.29, 1.82) is 0 Å². The lowest BCUT2D eigenvalue weighted by molar-refractivity contribution is 0.448. The van der Waals surface area contributed by atoms with E-state index < -0.39 is 0 Å². The number of aromatic amines is 1. The molecule has 18 heavy (non-hydrogen) atoms. The molecule has 2 N–H and O–H groups in total. The number of aromatic nitrogens is 2. The van der Waals surface area contributed by atoms with Gasteiger partial charge in [0.2, 0.25) is 0 Å². The van der Waals surface area contributed by atoms with Crippen LogP contribution in [0.4, 0.5) is 0 Å². The average Bonchev–Trinajstić information content (AvgIpc) is 3.05. The van der Waals surface area contributed by atoms with Gasteiger partial charge in [0.1, 0.15) is 5.82 Å². The Bertz CT molecular complexity index is 563. The van der Waals surface area contributed by atoms with Gasteiger partial charge in [0.05, 0.1) is 5.69 Å². The third-order valence-corrected chi connectivity index (χ3v) is 5.06. The van der Waals surface area contributed by atoms with E-state index in [0.29, 0.717) is 5.92 Å². The molecule has 0 saturated carbocycles. The van der Waals surface area contributed by atoms with Crippen molar-refractivity contribution in [2.24, 2.45) is 0 Å². The van der Waals surface area contributed by atoms with Crippen molar-refractivity contribution >= 4 is 11.3 Å². The summed E-state index contributed by atoms with van der Waals surface area (Å²) in [5.41, 5.74) is 3.94. The Labute approximate surface area is 111 Å². The Morgan fingerprint density at radius 1 is 1.33 bits per heavy atom. The Balaban J connectivity index is 1.73. The van der Waals surface area contributed by atoms with Crippen LogP contribution in [0.25, 0.3) is 11.3 Å². The van der Waals surface area contributed by atoms with E-state index in [1.54, 1.807) is 0 Å². The summed E-state index contributed by atoms with van der Waals surface area (Å²) in [6, 6.07) is 2.22. The SMILES string of the molecule is c1cc2c(s1)CCc1[nH]c(C3CCCNC3)nc1-2. The number of hydrogen-bond acceptors (Lipinski definition) is 3. The number of rotatable bonds is 1. The van der Waals surface area contributed by atoms with Crippen molar-refractivity contribution in [2.45, 2.75) is 31.6 Å². The largest absolute Gasteiger partial charge is 0.345 e. The summed E-state index contributed by atoms with van der Waals surface area (Å²) in [4.78, 5) is 9.99. The van der Waals surface area contributed by atoms with Crippen molar-refractivity contribution < 1.29 is 0 Å². The first-order valence-corrected chi connectivity index (χ1v) is 7.66. The summed E-state index contributed by atoms with van der Waals surface area (Å²) in [5, 5.41) is 5.66. The van der Waals surface area contributed by atoms with Crippen LogP contribution >= 0.6 is 11.3 Å². The second kappa shape index (κ2) is 4.21. The van der Waals surface area contributed by atoms with Gasteiger partial charge in [0.25, 0.3) is 0 Å². The molecule has 0 radical (unpaired) electrons. The van der Waals surface area contributed by atoms with Crippen LogP contribution in [-0.4, -0.2) is 23.1 Å². The molecule has 4 rings (SSSR count). The first-order valence-electron chi connectivity index (χ1n) is 6.78. The van der Waals surface area contributed by atoms with E-state index >= 15 is 0 Å². The van der Waals surface area contributed by atoms with Crippen LogP contribution in [0.15, 0.2) is 11.4 Å². The van der Waals surface area contributed by atoms with Crippen LogP contribution in [0.1, 0.15) is 35.2 Å². The van der Waals surface area contributed by atoms with Crippen molar-refractivity contribution in [3.05, 3.63) is 27.8 Å². The molecular formula is C14H17N3S. The third-order valence-electron chi connectivity index (χ3n) is 4.08. The molecule has 1 aliphatic heterocycles. The van der Waals surface area contributed by atoms with Gasteiger partial charge in [-0.05, 0) is 43.7 Å². The zero-order valence-electron chi connectivity index (χ0n) is 10.3. The molecule has 2 aromatic heterocycles. The molecule has 1 saturated heterocycles. The van der Waals surface area contributed by atoms with Crippen LogP contribution in [-0.2, 0) is 12.8 Å². The maximum absolute atomic E-state index is 4.90. The molecule has 0 amide bonds. The monoisotopic (exact) mass is 259 g/mol. The predicted molar refractivity (Wildman–Crippen MR) is 74.2 cm³/mol. The molecule has 2 aliphatic rings. The highest BCUT2D eigenvalue weighted by atomic mass is 32.1. The Morgan fingerprint density at radius 2 is 2.33 bits per heavy atom. The Hall–Kier alpha value is -1.13. The van der Waals surface area contributed by atoms with Gasteiger partial charge in [-0.3, -0.25) is 0 Å². The smallest absolute Gasteiger partial charge is 0.111 e. The molecule has 3 heterocycles. The van der Waals surface area contributed by atoms with E-state index in [2.05, 4.69) is 21.7 Å². The second-order valence-electron chi connectivity index (χ2n) is 5.25. The zero-order chi connectivity index (χ0) is 11.9. The van der Waals surface area contributed by atoms with E-state index in [9.17, 15) is 0 Å². The maximum Gasteiger partial charge on any atom is 0.111 e. The summed E-state index contributed by atoms with van der Waals surface area (Å²) in [6.07, 6.45) is 4.82. The van der Waals surface area contributed by atoms with Gasteiger partial charge < -0.3 is 10.3 Å².